The van der Waals surface area contributed by atoms with Crippen LogP contribution in [0, 0.1) is 6.92 Å². The smallest absolute Gasteiger partial charge is 0.257 e. The van der Waals surface area contributed by atoms with Gasteiger partial charge in [-0.05, 0) is 43.9 Å². The molecule has 4 rings (SSSR count). The van der Waals surface area contributed by atoms with Crippen LogP contribution in [0.3, 0.4) is 0 Å². The third-order valence-electron chi connectivity index (χ3n) is 4.91. The van der Waals surface area contributed by atoms with Crippen LogP contribution >= 0.6 is 24.0 Å². The molecule has 0 unspecified atom stereocenters. The van der Waals surface area contributed by atoms with Gasteiger partial charge in [0.25, 0.3) is 5.91 Å². The van der Waals surface area contributed by atoms with Crippen molar-refractivity contribution in [2.75, 3.05) is 13.1 Å². The van der Waals surface area contributed by atoms with Gasteiger partial charge in [-0.15, -0.1) is 12.4 Å². The van der Waals surface area contributed by atoms with Crippen LogP contribution in [0.15, 0.2) is 24.4 Å². The molecule has 5 nitrogen and oxygen atoms in total. The molecule has 1 saturated carbocycles. The van der Waals surface area contributed by atoms with Crippen LogP contribution in [-0.4, -0.2) is 39.7 Å². The lowest BCUT2D eigenvalue weighted by Gasteiger charge is -2.16. The van der Waals surface area contributed by atoms with E-state index < -0.39 is 0 Å². The molecule has 0 spiro atoms. The second-order valence-corrected chi connectivity index (χ2v) is 7.27. The van der Waals surface area contributed by atoms with Gasteiger partial charge in [-0.3, -0.25) is 4.79 Å². The highest BCUT2D eigenvalue weighted by Gasteiger charge is 2.35. The molecule has 25 heavy (non-hydrogen) atoms. The van der Waals surface area contributed by atoms with Crippen molar-refractivity contribution in [1.29, 1.82) is 0 Å². The Balaban J connectivity index is 0.00000182. The van der Waals surface area contributed by atoms with Crippen molar-refractivity contribution in [1.82, 2.24) is 14.7 Å². The average Bonchev–Trinajstić information content (AvgIpc) is 3.15. The maximum atomic E-state index is 12.9. The Kier molecular flexibility index (Phi) is 5.09. The van der Waals surface area contributed by atoms with E-state index in [2.05, 4.69) is 5.10 Å². The van der Waals surface area contributed by atoms with Crippen LogP contribution in [0.4, 0.5) is 0 Å². The number of hydrogen-bond acceptors (Lipinski definition) is 3. The first-order valence-electron chi connectivity index (χ1n) is 8.44. The van der Waals surface area contributed by atoms with E-state index >= 15 is 0 Å². The lowest BCUT2D eigenvalue weighted by Crippen LogP contribution is -2.32. The standard InChI is InChI=1S/C18H21ClN4O.ClH/c1-11-2-5-14(8-16(11)19)23-17(12-3-4-12)15(9-21-23)18(24)22-7-6-13(20)10-22;/h2,5,8-9,12-13H,3-4,6-7,10,20H2,1H3;1H/t13-;/m1./s1. The van der Waals surface area contributed by atoms with E-state index in [1.54, 1.807) is 6.20 Å². The molecule has 2 fully saturated rings. The van der Waals surface area contributed by atoms with Crippen LogP contribution in [0.1, 0.15) is 46.8 Å². The number of aryl methyl sites for hydroxylation is 1. The third kappa shape index (κ3) is 3.41. The van der Waals surface area contributed by atoms with E-state index in [0.717, 1.165) is 42.8 Å². The minimum absolute atomic E-state index is 0. The third-order valence-corrected chi connectivity index (χ3v) is 5.32. The second-order valence-electron chi connectivity index (χ2n) is 6.86. The molecule has 2 aliphatic rings. The molecule has 1 aromatic carbocycles. The monoisotopic (exact) mass is 380 g/mol. The largest absolute Gasteiger partial charge is 0.337 e. The number of nitrogens with zero attached hydrogens (tertiary/aromatic N) is 3. The molecule has 1 amide bonds. The molecular formula is C18H22Cl2N4O. The molecule has 1 atom stereocenters. The summed E-state index contributed by atoms with van der Waals surface area (Å²) in [5.41, 5.74) is 9.61. The summed E-state index contributed by atoms with van der Waals surface area (Å²) >= 11 is 6.27. The number of nitrogens with two attached hydrogens (primary N) is 1. The molecule has 7 heteroatoms. The maximum absolute atomic E-state index is 12.9. The first-order valence-corrected chi connectivity index (χ1v) is 8.81. The lowest BCUT2D eigenvalue weighted by molar-refractivity contribution is 0.0789. The number of hydrogen-bond donors (Lipinski definition) is 1. The molecule has 1 aliphatic carbocycles. The normalized spacial score (nSPS) is 19.8. The number of carbonyl (C=O) groups excluding carboxylic acids is 1. The SMILES string of the molecule is Cc1ccc(-n2ncc(C(=O)N3CC[C@@H](N)C3)c2C2CC2)cc1Cl.Cl. The average molecular weight is 381 g/mol. The number of rotatable bonds is 3. The Labute approximate surface area is 158 Å². The number of benzene rings is 1. The highest BCUT2D eigenvalue weighted by Crippen LogP contribution is 2.43. The van der Waals surface area contributed by atoms with E-state index in [1.807, 2.05) is 34.7 Å². The quantitative estimate of drug-likeness (QED) is 0.887. The maximum Gasteiger partial charge on any atom is 0.257 e. The molecule has 1 aromatic heterocycles. The molecular weight excluding hydrogens is 359 g/mol. The first-order chi connectivity index (χ1) is 11.5. The highest BCUT2D eigenvalue weighted by atomic mass is 35.5. The van der Waals surface area contributed by atoms with E-state index in [1.165, 1.54) is 0 Å². The molecule has 134 valence electrons. The van der Waals surface area contributed by atoms with E-state index in [4.69, 9.17) is 17.3 Å². The number of halogens is 2. The zero-order chi connectivity index (χ0) is 16.8. The van der Waals surface area contributed by atoms with Gasteiger partial charge < -0.3 is 10.6 Å². The van der Waals surface area contributed by atoms with E-state index in [-0.39, 0.29) is 24.4 Å². The van der Waals surface area contributed by atoms with Crippen molar-refractivity contribution >= 4 is 29.9 Å². The summed E-state index contributed by atoms with van der Waals surface area (Å²) in [4.78, 5) is 14.7. The van der Waals surface area contributed by atoms with Gasteiger partial charge in [-0.25, -0.2) is 4.68 Å². The fraction of sp³-hybridized carbons (Fsp3) is 0.444. The Morgan fingerprint density at radius 1 is 1.32 bits per heavy atom. The van der Waals surface area contributed by atoms with Gasteiger partial charge in [-0.2, -0.15) is 5.10 Å². The predicted octanol–water partition coefficient (Wildman–Crippen LogP) is 3.31. The summed E-state index contributed by atoms with van der Waals surface area (Å²) < 4.78 is 1.88. The van der Waals surface area contributed by atoms with Crippen LogP contribution in [-0.2, 0) is 0 Å². The molecule has 0 radical (unpaired) electrons. The highest BCUT2D eigenvalue weighted by molar-refractivity contribution is 6.31. The van der Waals surface area contributed by atoms with Gasteiger partial charge in [0, 0.05) is 30.1 Å². The van der Waals surface area contributed by atoms with Crippen molar-refractivity contribution in [2.24, 2.45) is 5.73 Å². The summed E-state index contributed by atoms with van der Waals surface area (Å²) in [6, 6.07) is 5.98. The number of amides is 1. The van der Waals surface area contributed by atoms with Crippen LogP contribution in [0.5, 0.6) is 0 Å². The van der Waals surface area contributed by atoms with E-state index in [0.29, 0.717) is 23.0 Å². The summed E-state index contributed by atoms with van der Waals surface area (Å²) in [6.07, 6.45) is 4.77. The van der Waals surface area contributed by atoms with Gasteiger partial charge in [-0.1, -0.05) is 17.7 Å². The minimum Gasteiger partial charge on any atom is -0.337 e. The molecule has 1 saturated heterocycles. The zero-order valence-electron chi connectivity index (χ0n) is 14.1. The number of likely N-dealkylation sites (tertiary alicyclic amines) is 1. The zero-order valence-corrected chi connectivity index (χ0v) is 15.7. The fourth-order valence-electron chi connectivity index (χ4n) is 3.33. The summed E-state index contributed by atoms with van der Waals surface area (Å²) in [5, 5.41) is 5.22. The lowest BCUT2D eigenvalue weighted by atomic mass is 10.1. The molecule has 2 aromatic rings. The van der Waals surface area contributed by atoms with Gasteiger partial charge in [0.05, 0.1) is 23.1 Å². The van der Waals surface area contributed by atoms with Crippen LogP contribution in [0.25, 0.3) is 5.69 Å². The van der Waals surface area contributed by atoms with Crippen molar-refractivity contribution in [3.8, 4) is 5.69 Å². The summed E-state index contributed by atoms with van der Waals surface area (Å²) in [7, 11) is 0. The Morgan fingerprint density at radius 2 is 2.08 bits per heavy atom. The van der Waals surface area contributed by atoms with Gasteiger partial charge in [0.2, 0.25) is 0 Å². The van der Waals surface area contributed by atoms with Crippen molar-refractivity contribution in [2.45, 2.75) is 38.1 Å². The minimum atomic E-state index is 0. The predicted molar refractivity (Wildman–Crippen MR) is 101 cm³/mol. The first kappa shape index (κ1) is 18.2. The Bertz CT molecular complexity index is 800. The van der Waals surface area contributed by atoms with Gasteiger partial charge in [0.15, 0.2) is 0 Å². The molecule has 2 N–H and O–H groups in total. The Hall–Kier alpha value is -1.56. The van der Waals surface area contributed by atoms with Crippen LogP contribution in [0.2, 0.25) is 5.02 Å². The van der Waals surface area contributed by atoms with Crippen molar-refractivity contribution in [3.63, 3.8) is 0 Å². The molecule has 0 bridgehead atoms. The van der Waals surface area contributed by atoms with Crippen molar-refractivity contribution < 1.29 is 4.79 Å². The molecule has 1 aliphatic heterocycles. The van der Waals surface area contributed by atoms with Crippen molar-refractivity contribution in [3.05, 3.63) is 46.2 Å². The fourth-order valence-corrected chi connectivity index (χ4v) is 3.51. The molecule has 2 heterocycles. The Morgan fingerprint density at radius 3 is 2.68 bits per heavy atom. The number of carbonyl (C=O) groups is 1. The topological polar surface area (TPSA) is 64.2 Å². The second kappa shape index (κ2) is 6.98. The van der Waals surface area contributed by atoms with Crippen LogP contribution < -0.4 is 5.73 Å². The summed E-state index contributed by atoms with van der Waals surface area (Å²) in [6.45, 7) is 3.33. The van der Waals surface area contributed by atoms with E-state index in [9.17, 15) is 4.79 Å². The summed E-state index contributed by atoms with van der Waals surface area (Å²) in [5.74, 6) is 0.456. The van der Waals surface area contributed by atoms with Gasteiger partial charge in [0.1, 0.15) is 0 Å². The van der Waals surface area contributed by atoms with Gasteiger partial charge >= 0.3 is 0 Å². The number of aromatic nitrogens is 2.